The Labute approximate surface area is 216 Å². The lowest BCUT2D eigenvalue weighted by atomic mass is 9.84. The van der Waals surface area contributed by atoms with Gasteiger partial charge in [-0.3, -0.25) is 9.59 Å². The van der Waals surface area contributed by atoms with Crippen molar-refractivity contribution in [1.29, 1.82) is 0 Å². The van der Waals surface area contributed by atoms with Crippen molar-refractivity contribution in [2.24, 2.45) is 0 Å². The van der Waals surface area contributed by atoms with Crippen LogP contribution in [0.5, 0.6) is 0 Å². The van der Waals surface area contributed by atoms with Crippen LogP contribution in [0.4, 0.5) is 0 Å². The number of carbonyl (C=O) groups excluding carboxylic acids is 2. The topological polar surface area (TPSA) is 51.2 Å². The average Bonchev–Trinajstić information content (AvgIpc) is 2.76. The minimum Gasteiger partial charge on any atom is -0.302 e. The fourth-order valence-corrected chi connectivity index (χ4v) is 7.73. The molecule has 1 atom stereocenters. The van der Waals surface area contributed by atoms with Crippen LogP contribution in [-0.4, -0.2) is 11.0 Å². The number of hydrogen-bond donors (Lipinski definition) is 0. The molecule has 0 aliphatic heterocycles. The minimum absolute atomic E-state index is 0.101. The second-order valence-electron chi connectivity index (χ2n) is 12.0. The number of carbonyl (C=O) groups is 2. The molecule has 0 N–H and O–H groups in total. The van der Waals surface area contributed by atoms with Gasteiger partial charge in [-0.05, 0) is 71.9 Å². The third kappa shape index (κ3) is 5.04. The Bertz CT molecular complexity index is 1340. The lowest BCUT2D eigenvalue weighted by Gasteiger charge is -2.27. The Morgan fingerprint density at radius 1 is 0.611 bits per heavy atom. The summed E-state index contributed by atoms with van der Waals surface area (Å²) in [7, 11) is -4.23. The van der Waals surface area contributed by atoms with Gasteiger partial charge in [0.2, 0.25) is 18.2 Å². The van der Waals surface area contributed by atoms with Crippen LogP contribution < -0.4 is 5.30 Å². The third-order valence-electron chi connectivity index (χ3n) is 6.88. The van der Waals surface area contributed by atoms with Crippen molar-refractivity contribution in [1.82, 2.24) is 0 Å². The summed E-state index contributed by atoms with van der Waals surface area (Å²) < 4.78 is 15.1. The molecule has 0 aliphatic carbocycles. The Hall–Kier alpha value is -2.77. The summed E-state index contributed by atoms with van der Waals surface area (Å²) in [6, 6.07) is 16.5. The third-order valence-corrected chi connectivity index (χ3v) is 9.84. The van der Waals surface area contributed by atoms with Crippen molar-refractivity contribution in [2.75, 3.05) is 0 Å². The second-order valence-corrected chi connectivity index (χ2v) is 14.5. The Morgan fingerprint density at radius 3 is 1.39 bits per heavy atom. The first kappa shape index (κ1) is 27.8. The summed E-state index contributed by atoms with van der Waals surface area (Å²) >= 11 is 0. The smallest absolute Gasteiger partial charge is 0.249 e. The summed E-state index contributed by atoms with van der Waals surface area (Å²) in [5.74, 6) is 0. The largest absolute Gasteiger partial charge is 0.302 e. The maximum Gasteiger partial charge on any atom is 0.249 e. The molecule has 3 aromatic carbocycles. The van der Waals surface area contributed by atoms with E-state index < -0.39 is 18.2 Å². The Kier molecular flexibility index (Phi) is 7.41. The molecule has 0 saturated carbocycles. The molecule has 0 amide bonds. The number of rotatable bonds is 5. The SMILES string of the molecule is Cc1cc(C(C)(C)C)cc(C)c1C(=O)P(=O)(C(=O)c1ccccc1)c1c(C)cc(C(C)(C)C)cc1C. The first-order valence-electron chi connectivity index (χ1n) is 12.5. The molecule has 0 radical (unpaired) electrons. The highest BCUT2D eigenvalue weighted by Gasteiger charge is 2.46. The number of benzene rings is 3. The highest BCUT2D eigenvalue weighted by atomic mass is 31.2. The standard InChI is InChI=1S/C32H39O3P/c1-20-16-25(31(5,6)7)17-21(2)27(20)30(34)36(35,29(33)24-14-12-11-13-15-24)28-22(3)18-26(19-23(28)4)32(8,9)10/h11-19H,1-10H3. The normalized spacial score (nSPS) is 13.8. The summed E-state index contributed by atoms with van der Waals surface area (Å²) in [5.41, 5.74) is 4.34. The highest BCUT2D eigenvalue weighted by Crippen LogP contribution is 2.53. The molecule has 3 aromatic rings. The van der Waals surface area contributed by atoms with Crippen molar-refractivity contribution in [3.63, 3.8) is 0 Å². The van der Waals surface area contributed by atoms with E-state index in [-0.39, 0.29) is 16.4 Å². The summed E-state index contributed by atoms with van der Waals surface area (Å²) in [4.78, 5) is 28.4. The second kappa shape index (κ2) is 9.60. The summed E-state index contributed by atoms with van der Waals surface area (Å²) in [6.45, 7) is 20.2. The zero-order chi connectivity index (χ0) is 27.2. The van der Waals surface area contributed by atoms with E-state index in [1.165, 1.54) is 0 Å². The van der Waals surface area contributed by atoms with Crippen LogP contribution in [-0.2, 0) is 15.4 Å². The van der Waals surface area contributed by atoms with E-state index in [4.69, 9.17) is 0 Å². The van der Waals surface area contributed by atoms with Gasteiger partial charge in [0.1, 0.15) is 0 Å². The van der Waals surface area contributed by atoms with Gasteiger partial charge in [0, 0.05) is 16.4 Å². The van der Waals surface area contributed by atoms with Crippen molar-refractivity contribution >= 4 is 23.5 Å². The predicted octanol–water partition coefficient (Wildman–Crippen LogP) is 8.18. The van der Waals surface area contributed by atoms with Crippen LogP contribution in [0.2, 0.25) is 0 Å². The van der Waals surface area contributed by atoms with Crippen LogP contribution in [0.15, 0.2) is 54.6 Å². The van der Waals surface area contributed by atoms with Crippen LogP contribution in [0, 0.1) is 27.7 Å². The molecular formula is C32H39O3P. The van der Waals surface area contributed by atoms with Gasteiger partial charge in [-0.2, -0.15) is 0 Å². The molecule has 4 heteroatoms. The lowest BCUT2D eigenvalue weighted by Crippen LogP contribution is -2.27. The molecule has 1 unspecified atom stereocenters. The zero-order valence-electron chi connectivity index (χ0n) is 23.4. The minimum atomic E-state index is -4.23. The molecule has 0 aromatic heterocycles. The van der Waals surface area contributed by atoms with Crippen LogP contribution >= 0.6 is 7.14 Å². The number of aryl methyl sites for hydroxylation is 4. The molecular weight excluding hydrogens is 463 g/mol. The molecule has 190 valence electrons. The first-order chi connectivity index (χ1) is 16.5. The van der Waals surface area contributed by atoms with Gasteiger partial charge in [-0.1, -0.05) is 96.1 Å². The highest BCUT2D eigenvalue weighted by molar-refractivity contribution is 8.01. The van der Waals surface area contributed by atoms with Gasteiger partial charge in [0.25, 0.3) is 0 Å². The van der Waals surface area contributed by atoms with Crippen molar-refractivity contribution in [3.05, 3.63) is 99.1 Å². The van der Waals surface area contributed by atoms with E-state index in [1.54, 1.807) is 30.3 Å². The lowest BCUT2D eigenvalue weighted by molar-refractivity contribution is 0.104. The van der Waals surface area contributed by atoms with E-state index >= 15 is 4.57 Å². The van der Waals surface area contributed by atoms with E-state index in [0.717, 1.165) is 22.3 Å². The van der Waals surface area contributed by atoms with Crippen molar-refractivity contribution in [2.45, 2.75) is 80.1 Å². The molecule has 0 bridgehead atoms. The number of hydrogen-bond acceptors (Lipinski definition) is 3. The molecule has 0 heterocycles. The van der Waals surface area contributed by atoms with E-state index in [1.807, 2.05) is 52.0 Å². The van der Waals surface area contributed by atoms with Gasteiger partial charge < -0.3 is 4.57 Å². The maximum absolute atomic E-state index is 15.1. The molecule has 0 saturated heterocycles. The van der Waals surface area contributed by atoms with Crippen LogP contribution in [0.1, 0.15) is 95.6 Å². The Morgan fingerprint density at radius 2 is 1.00 bits per heavy atom. The van der Waals surface area contributed by atoms with E-state index in [9.17, 15) is 9.59 Å². The van der Waals surface area contributed by atoms with Gasteiger partial charge >= 0.3 is 0 Å². The van der Waals surface area contributed by atoms with Gasteiger partial charge in [0.05, 0.1) is 0 Å². The van der Waals surface area contributed by atoms with E-state index in [0.29, 0.717) is 22.0 Å². The van der Waals surface area contributed by atoms with Crippen molar-refractivity contribution in [3.8, 4) is 0 Å². The van der Waals surface area contributed by atoms with Crippen LogP contribution in [0.25, 0.3) is 0 Å². The zero-order valence-corrected chi connectivity index (χ0v) is 24.3. The maximum atomic E-state index is 15.1. The summed E-state index contributed by atoms with van der Waals surface area (Å²) in [6.07, 6.45) is 0. The predicted molar refractivity (Wildman–Crippen MR) is 152 cm³/mol. The van der Waals surface area contributed by atoms with Crippen molar-refractivity contribution < 1.29 is 14.2 Å². The Balaban J connectivity index is 2.36. The van der Waals surface area contributed by atoms with Crippen LogP contribution in [0.3, 0.4) is 0 Å². The molecule has 0 spiro atoms. The molecule has 0 fully saturated rings. The molecule has 36 heavy (non-hydrogen) atoms. The molecule has 3 rings (SSSR count). The summed E-state index contributed by atoms with van der Waals surface area (Å²) in [5, 5.41) is 0.369. The van der Waals surface area contributed by atoms with Gasteiger partial charge in [0.15, 0.2) is 0 Å². The van der Waals surface area contributed by atoms with E-state index in [2.05, 4.69) is 41.5 Å². The molecule has 0 aliphatic rings. The molecule has 3 nitrogen and oxygen atoms in total. The first-order valence-corrected chi connectivity index (χ1v) is 14.2. The average molecular weight is 503 g/mol. The monoisotopic (exact) mass is 502 g/mol. The van der Waals surface area contributed by atoms with Gasteiger partial charge in [-0.15, -0.1) is 0 Å². The fraction of sp³-hybridized carbons (Fsp3) is 0.375. The quantitative estimate of drug-likeness (QED) is 0.331. The fourth-order valence-electron chi connectivity index (χ4n) is 4.83. The van der Waals surface area contributed by atoms with Gasteiger partial charge in [-0.25, -0.2) is 0 Å².